The SMILES string of the molecule is O=C(NC[C@@H]1CCCN(Cc2nc3ccccc3s2)C1)c1cc2ccccc2[nH]1. The third-order valence-corrected chi connectivity index (χ3v) is 6.65. The van der Waals surface area contributed by atoms with Crippen molar-refractivity contribution in [2.75, 3.05) is 19.6 Å². The van der Waals surface area contributed by atoms with Gasteiger partial charge in [0, 0.05) is 24.0 Å². The molecule has 1 fully saturated rings. The van der Waals surface area contributed by atoms with Gasteiger partial charge in [-0.15, -0.1) is 11.3 Å². The molecule has 3 heterocycles. The average Bonchev–Trinajstić information content (AvgIpc) is 3.35. The van der Waals surface area contributed by atoms with E-state index in [1.165, 1.54) is 9.71 Å². The Morgan fingerprint density at radius 1 is 1.21 bits per heavy atom. The first kappa shape index (κ1) is 18.3. The summed E-state index contributed by atoms with van der Waals surface area (Å²) < 4.78 is 1.25. The van der Waals surface area contributed by atoms with Crippen LogP contribution >= 0.6 is 11.3 Å². The number of likely N-dealkylation sites (tertiary alicyclic amines) is 1. The lowest BCUT2D eigenvalue weighted by Gasteiger charge is -2.32. The van der Waals surface area contributed by atoms with Crippen LogP contribution in [0.3, 0.4) is 0 Å². The molecule has 0 radical (unpaired) electrons. The van der Waals surface area contributed by atoms with E-state index in [-0.39, 0.29) is 5.91 Å². The Bertz CT molecular complexity index is 1080. The summed E-state index contributed by atoms with van der Waals surface area (Å²) >= 11 is 1.78. The van der Waals surface area contributed by atoms with Crippen LogP contribution in [-0.2, 0) is 6.54 Å². The molecule has 148 valence electrons. The normalized spacial score (nSPS) is 17.7. The molecule has 29 heavy (non-hydrogen) atoms. The first-order valence-corrected chi connectivity index (χ1v) is 11.0. The number of carbonyl (C=O) groups is 1. The Morgan fingerprint density at radius 3 is 2.97 bits per heavy atom. The molecule has 1 saturated heterocycles. The number of rotatable bonds is 5. The first-order valence-electron chi connectivity index (χ1n) is 10.2. The number of hydrogen-bond acceptors (Lipinski definition) is 4. The second-order valence-corrected chi connectivity index (χ2v) is 8.91. The molecule has 1 atom stereocenters. The molecule has 1 aliphatic heterocycles. The van der Waals surface area contributed by atoms with Crippen LogP contribution < -0.4 is 5.32 Å². The molecule has 5 rings (SSSR count). The number of carbonyl (C=O) groups excluding carboxylic acids is 1. The number of fused-ring (bicyclic) bond motifs is 2. The lowest BCUT2D eigenvalue weighted by atomic mass is 9.98. The third kappa shape index (κ3) is 4.04. The van der Waals surface area contributed by atoms with Gasteiger partial charge in [-0.05, 0) is 49.6 Å². The van der Waals surface area contributed by atoms with E-state index in [0.717, 1.165) is 48.9 Å². The number of aromatic amines is 1. The number of thiazole rings is 1. The number of hydrogen-bond donors (Lipinski definition) is 2. The number of aromatic nitrogens is 2. The van der Waals surface area contributed by atoms with Gasteiger partial charge in [0.05, 0.1) is 16.8 Å². The summed E-state index contributed by atoms with van der Waals surface area (Å²) in [6.07, 6.45) is 2.32. The minimum absolute atomic E-state index is 0.0236. The summed E-state index contributed by atoms with van der Waals surface area (Å²) in [5.41, 5.74) is 2.72. The van der Waals surface area contributed by atoms with Crippen molar-refractivity contribution in [3.05, 3.63) is 65.3 Å². The molecular weight excluding hydrogens is 380 g/mol. The number of H-pyrrole nitrogens is 1. The zero-order chi connectivity index (χ0) is 19.6. The summed E-state index contributed by atoms with van der Waals surface area (Å²) in [7, 11) is 0. The van der Waals surface area contributed by atoms with Crippen molar-refractivity contribution in [1.82, 2.24) is 20.2 Å². The zero-order valence-electron chi connectivity index (χ0n) is 16.2. The molecule has 0 aliphatic carbocycles. The van der Waals surface area contributed by atoms with E-state index >= 15 is 0 Å². The largest absolute Gasteiger partial charge is 0.351 e. The van der Waals surface area contributed by atoms with Crippen molar-refractivity contribution >= 4 is 38.4 Å². The van der Waals surface area contributed by atoms with E-state index < -0.39 is 0 Å². The topological polar surface area (TPSA) is 61.0 Å². The van der Waals surface area contributed by atoms with E-state index in [1.807, 2.05) is 36.4 Å². The van der Waals surface area contributed by atoms with Crippen molar-refractivity contribution in [1.29, 1.82) is 0 Å². The quantitative estimate of drug-likeness (QED) is 0.518. The van der Waals surface area contributed by atoms with Crippen LogP contribution in [0.1, 0.15) is 28.3 Å². The van der Waals surface area contributed by atoms with Crippen LogP contribution in [0.15, 0.2) is 54.6 Å². The molecule has 5 nitrogen and oxygen atoms in total. The van der Waals surface area contributed by atoms with Gasteiger partial charge < -0.3 is 10.3 Å². The molecular formula is C23H24N4OS. The smallest absolute Gasteiger partial charge is 0.267 e. The van der Waals surface area contributed by atoms with Crippen LogP contribution in [-0.4, -0.2) is 40.4 Å². The van der Waals surface area contributed by atoms with Gasteiger partial charge in [0.1, 0.15) is 10.7 Å². The molecule has 0 unspecified atom stereocenters. The minimum Gasteiger partial charge on any atom is -0.351 e. The second-order valence-electron chi connectivity index (χ2n) is 7.80. The zero-order valence-corrected chi connectivity index (χ0v) is 17.0. The van der Waals surface area contributed by atoms with Crippen LogP contribution in [0.4, 0.5) is 0 Å². The fourth-order valence-electron chi connectivity index (χ4n) is 4.17. The maximum atomic E-state index is 12.6. The van der Waals surface area contributed by atoms with Crippen molar-refractivity contribution < 1.29 is 4.79 Å². The monoisotopic (exact) mass is 404 g/mol. The lowest BCUT2D eigenvalue weighted by molar-refractivity contribution is 0.0926. The van der Waals surface area contributed by atoms with Crippen molar-refractivity contribution in [2.45, 2.75) is 19.4 Å². The number of piperidine rings is 1. The predicted molar refractivity (Wildman–Crippen MR) is 118 cm³/mol. The molecule has 0 spiro atoms. The molecule has 0 saturated carbocycles. The van der Waals surface area contributed by atoms with E-state index in [9.17, 15) is 4.79 Å². The van der Waals surface area contributed by atoms with E-state index in [2.05, 4.69) is 33.4 Å². The van der Waals surface area contributed by atoms with Gasteiger partial charge in [0.25, 0.3) is 5.91 Å². The lowest BCUT2D eigenvalue weighted by Crippen LogP contribution is -2.40. The molecule has 2 aromatic carbocycles. The Morgan fingerprint density at radius 2 is 2.07 bits per heavy atom. The fraction of sp³-hybridized carbons (Fsp3) is 0.304. The Kier molecular flexibility index (Phi) is 5.04. The summed E-state index contributed by atoms with van der Waals surface area (Å²) in [5.74, 6) is 0.455. The van der Waals surface area contributed by atoms with E-state index in [1.54, 1.807) is 11.3 Å². The number of para-hydroxylation sites is 2. The van der Waals surface area contributed by atoms with Gasteiger partial charge in [-0.3, -0.25) is 9.69 Å². The Hall–Kier alpha value is -2.70. The van der Waals surface area contributed by atoms with Crippen LogP contribution in [0.5, 0.6) is 0 Å². The number of nitrogens with zero attached hydrogens (tertiary/aromatic N) is 2. The Balaban J connectivity index is 1.18. The molecule has 4 aromatic rings. The highest BCUT2D eigenvalue weighted by Crippen LogP contribution is 2.25. The van der Waals surface area contributed by atoms with Gasteiger partial charge in [0.15, 0.2) is 0 Å². The van der Waals surface area contributed by atoms with Gasteiger partial charge in [0.2, 0.25) is 0 Å². The third-order valence-electron chi connectivity index (χ3n) is 5.63. The summed E-state index contributed by atoms with van der Waals surface area (Å²) in [5, 5.41) is 5.37. The van der Waals surface area contributed by atoms with E-state index in [4.69, 9.17) is 4.98 Å². The highest BCUT2D eigenvalue weighted by Gasteiger charge is 2.22. The Labute approximate surface area is 173 Å². The highest BCUT2D eigenvalue weighted by atomic mass is 32.1. The maximum Gasteiger partial charge on any atom is 0.267 e. The number of amides is 1. The molecule has 1 aliphatic rings. The van der Waals surface area contributed by atoms with Crippen molar-refractivity contribution in [3.8, 4) is 0 Å². The van der Waals surface area contributed by atoms with Gasteiger partial charge >= 0.3 is 0 Å². The first-order chi connectivity index (χ1) is 14.2. The molecule has 2 N–H and O–H groups in total. The minimum atomic E-state index is -0.0236. The predicted octanol–water partition coefficient (Wildman–Crippen LogP) is 4.42. The van der Waals surface area contributed by atoms with E-state index in [0.29, 0.717) is 18.2 Å². The summed E-state index contributed by atoms with van der Waals surface area (Å²) in [6, 6.07) is 18.2. The van der Waals surface area contributed by atoms with Crippen molar-refractivity contribution in [2.24, 2.45) is 5.92 Å². The highest BCUT2D eigenvalue weighted by molar-refractivity contribution is 7.18. The maximum absolute atomic E-state index is 12.6. The average molecular weight is 405 g/mol. The van der Waals surface area contributed by atoms with Gasteiger partial charge in [-0.1, -0.05) is 30.3 Å². The van der Waals surface area contributed by atoms with Crippen LogP contribution in [0.2, 0.25) is 0 Å². The van der Waals surface area contributed by atoms with Gasteiger partial charge in [-0.2, -0.15) is 0 Å². The summed E-state index contributed by atoms with van der Waals surface area (Å²) in [6.45, 7) is 3.71. The summed E-state index contributed by atoms with van der Waals surface area (Å²) in [4.78, 5) is 23.0. The van der Waals surface area contributed by atoms with Gasteiger partial charge in [-0.25, -0.2) is 4.98 Å². The van der Waals surface area contributed by atoms with Crippen LogP contribution in [0, 0.1) is 5.92 Å². The molecule has 6 heteroatoms. The van der Waals surface area contributed by atoms with Crippen molar-refractivity contribution in [3.63, 3.8) is 0 Å². The number of nitrogens with one attached hydrogen (secondary N) is 2. The standard InChI is InChI=1S/C23H24N4OS/c28-23(20-12-17-7-1-2-8-18(17)25-20)24-13-16-6-5-11-27(14-16)15-22-26-19-9-3-4-10-21(19)29-22/h1-4,7-10,12,16,25H,5-6,11,13-15H2,(H,24,28)/t16-/m0/s1. The molecule has 1 amide bonds. The van der Waals surface area contributed by atoms with Crippen LogP contribution in [0.25, 0.3) is 21.1 Å². The molecule has 2 aromatic heterocycles. The fourth-order valence-corrected chi connectivity index (χ4v) is 5.18. The second kappa shape index (κ2) is 7.97. The molecule has 0 bridgehead atoms. The number of benzene rings is 2.